The maximum Gasteiger partial charge on any atom is 0.0447 e. The average Bonchev–Trinajstić information content (AvgIpc) is 2.49. The number of nitrogen functional groups attached to an aromatic ring is 1. The van der Waals surface area contributed by atoms with E-state index in [0.717, 1.165) is 18.8 Å². The molecule has 0 unspecified atom stereocenters. The largest absolute Gasteiger partial charge is 0.399 e. The van der Waals surface area contributed by atoms with Gasteiger partial charge in [0.05, 0.1) is 0 Å². The molecule has 1 aliphatic rings. The van der Waals surface area contributed by atoms with E-state index in [1.165, 1.54) is 36.1 Å². The van der Waals surface area contributed by atoms with Gasteiger partial charge < -0.3 is 10.6 Å². The molecule has 2 aromatic rings. The third-order valence-corrected chi connectivity index (χ3v) is 3.80. The Morgan fingerprint density at radius 1 is 0.842 bits per heavy atom. The molecule has 3 rings (SSSR count). The summed E-state index contributed by atoms with van der Waals surface area (Å²) in [5.74, 6) is 0. The van der Waals surface area contributed by atoms with E-state index >= 15 is 0 Å². The number of hydrogen-bond donors (Lipinski definition) is 1. The summed E-state index contributed by atoms with van der Waals surface area (Å²) in [6.07, 6.45) is 3.93. The summed E-state index contributed by atoms with van der Waals surface area (Å²) in [6.45, 7) is 2.31. The molecule has 1 saturated heterocycles. The molecule has 2 nitrogen and oxygen atoms in total. The van der Waals surface area contributed by atoms with Gasteiger partial charge >= 0.3 is 0 Å². The van der Waals surface area contributed by atoms with Crippen LogP contribution >= 0.6 is 0 Å². The molecule has 2 aromatic carbocycles. The molecule has 98 valence electrons. The first-order valence-electron chi connectivity index (χ1n) is 7.04. The molecule has 2 N–H and O–H groups in total. The van der Waals surface area contributed by atoms with Gasteiger partial charge in [0.2, 0.25) is 0 Å². The zero-order chi connectivity index (χ0) is 13.1. The van der Waals surface area contributed by atoms with Crippen LogP contribution in [-0.2, 0) is 0 Å². The number of anilines is 2. The van der Waals surface area contributed by atoms with E-state index in [9.17, 15) is 0 Å². The second-order valence-electron chi connectivity index (χ2n) is 5.19. The van der Waals surface area contributed by atoms with Gasteiger partial charge in [0.25, 0.3) is 0 Å². The Morgan fingerprint density at radius 2 is 1.58 bits per heavy atom. The van der Waals surface area contributed by atoms with Gasteiger partial charge in [0.1, 0.15) is 0 Å². The highest BCUT2D eigenvalue weighted by atomic mass is 15.1. The van der Waals surface area contributed by atoms with Crippen molar-refractivity contribution in [2.24, 2.45) is 0 Å². The van der Waals surface area contributed by atoms with Crippen molar-refractivity contribution < 1.29 is 0 Å². The van der Waals surface area contributed by atoms with Crippen LogP contribution < -0.4 is 10.6 Å². The molecule has 19 heavy (non-hydrogen) atoms. The van der Waals surface area contributed by atoms with E-state index < -0.39 is 0 Å². The highest BCUT2D eigenvalue weighted by Gasteiger charge is 2.15. The van der Waals surface area contributed by atoms with E-state index in [0.29, 0.717) is 0 Å². The molecule has 0 atom stereocenters. The topological polar surface area (TPSA) is 29.3 Å². The normalized spacial score (nSPS) is 15.5. The summed E-state index contributed by atoms with van der Waals surface area (Å²) in [6, 6.07) is 16.8. The van der Waals surface area contributed by atoms with Crippen LogP contribution in [0.1, 0.15) is 19.3 Å². The fourth-order valence-electron chi connectivity index (χ4n) is 2.81. The van der Waals surface area contributed by atoms with Gasteiger partial charge in [-0.15, -0.1) is 0 Å². The van der Waals surface area contributed by atoms with E-state index in [4.69, 9.17) is 5.73 Å². The van der Waals surface area contributed by atoms with Crippen molar-refractivity contribution >= 4 is 11.4 Å². The van der Waals surface area contributed by atoms with Gasteiger partial charge in [0.15, 0.2) is 0 Å². The second-order valence-corrected chi connectivity index (χ2v) is 5.19. The number of benzene rings is 2. The fourth-order valence-corrected chi connectivity index (χ4v) is 2.81. The van der Waals surface area contributed by atoms with Crippen molar-refractivity contribution in [3.63, 3.8) is 0 Å². The van der Waals surface area contributed by atoms with Crippen molar-refractivity contribution in [2.75, 3.05) is 23.7 Å². The summed E-state index contributed by atoms with van der Waals surface area (Å²) in [5, 5.41) is 0. The van der Waals surface area contributed by atoms with Gasteiger partial charge in [-0.1, -0.05) is 30.3 Å². The quantitative estimate of drug-likeness (QED) is 0.821. The monoisotopic (exact) mass is 252 g/mol. The van der Waals surface area contributed by atoms with Gasteiger partial charge in [0, 0.05) is 30.0 Å². The molecule has 0 amide bonds. The van der Waals surface area contributed by atoms with Crippen molar-refractivity contribution in [2.45, 2.75) is 19.3 Å². The molecular weight excluding hydrogens is 232 g/mol. The molecule has 0 aromatic heterocycles. The summed E-state index contributed by atoms with van der Waals surface area (Å²) in [4.78, 5) is 2.49. The maximum absolute atomic E-state index is 5.98. The third kappa shape index (κ3) is 2.58. The van der Waals surface area contributed by atoms with Crippen molar-refractivity contribution in [1.29, 1.82) is 0 Å². The number of nitrogens with zero attached hydrogens (tertiary/aromatic N) is 1. The number of nitrogens with two attached hydrogens (primary N) is 1. The minimum atomic E-state index is 0.833. The number of hydrogen-bond acceptors (Lipinski definition) is 2. The summed E-state index contributed by atoms with van der Waals surface area (Å²) in [7, 11) is 0. The van der Waals surface area contributed by atoms with Gasteiger partial charge in [-0.3, -0.25) is 0 Å². The highest BCUT2D eigenvalue weighted by molar-refractivity contribution is 5.81. The SMILES string of the molecule is Nc1ccc(N2CCCCC2)c(-c2ccccc2)c1. The highest BCUT2D eigenvalue weighted by Crippen LogP contribution is 2.34. The van der Waals surface area contributed by atoms with Crippen molar-refractivity contribution in [1.82, 2.24) is 0 Å². The van der Waals surface area contributed by atoms with Crippen LogP contribution in [0.3, 0.4) is 0 Å². The lowest BCUT2D eigenvalue weighted by Crippen LogP contribution is -2.29. The van der Waals surface area contributed by atoms with Crippen molar-refractivity contribution in [3.8, 4) is 11.1 Å². The van der Waals surface area contributed by atoms with Gasteiger partial charge in [-0.05, 0) is 43.0 Å². The van der Waals surface area contributed by atoms with E-state index in [1.54, 1.807) is 0 Å². The summed E-state index contributed by atoms with van der Waals surface area (Å²) in [5.41, 5.74) is 10.6. The minimum Gasteiger partial charge on any atom is -0.399 e. The average molecular weight is 252 g/mol. The van der Waals surface area contributed by atoms with Crippen molar-refractivity contribution in [3.05, 3.63) is 48.5 Å². The molecule has 1 aliphatic heterocycles. The molecule has 0 spiro atoms. The summed E-state index contributed by atoms with van der Waals surface area (Å²) < 4.78 is 0. The lowest BCUT2D eigenvalue weighted by molar-refractivity contribution is 0.578. The van der Waals surface area contributed by atoms with Crippen LogP contribution in [0.2, 0.25) is 0 Å². The predicted molar refractivity (Wildman–Crippen MR) is 82.4 cm³/mol. The molecule has 0 bridgehead atoms. The molecule has 0 radical (unpaired) electrons. The maximum atomic E-state index is 5.98. The standard InChI is InChI=1S/C17H20N2/c18-15-9-10-17(19-11-5-2-6-12-19)16(13-15)14-7-3-1-4-8-14/h1,3-4,7-10,13H,2,5-6,11-12,18H2. The Kier molecular flexibility index (Phi) is 3.41. The van der Waals surface area contributed by atoms with Crippen LogP contribution in [0.4, 0.5) is 11.4 Å². The number of piperidine rings is 1. The zero-order valence-electron chi connectivity index (χ0n) is 11.2. The Hall–Kier alpha value is -1.96. The summed E-state index contributed by atoms with van der Waals surface area (Å²) >= 11 is 0. The Bertz CT molecular complexity index is 542. The molecule has 1 heterocycles. The fraction of sp³-hybridized carbons (Fsp3) is 0.294. The Labute approximate surface area is 114 Å². The van der Waals surface area contributed by atoms with Crippen LogP contribution in [0.5, 0.6) is 0 Å². The Morgan fingerprint density at radius 3 is 2.32 bits per heavy atom. The lowest BCUT2D eigenvalue weighted by atomic mass is 10.0. The first-order valence-corrected chi connectivity index (χ1v) is 7.04. The van der Waals surface area contributed by atoms with Crippen LogP contribution in [0.25, 0.3) is 11.1 Å². The lowest BCUT2D eigenvalue weighted by Gasteiger charge is -2.31. The molecule has 1 fully saturated rings. The first kappa shape index (κ1) is 12.1. The first-order chi connectivity index (χ1) is 9.34. The Balaban J connectivity index is 2.04. The van der Waals surface area contributed by atoms with Crippen LogP contribution in [0, 0.1) is 0 Å². The molecule has 2 heteroatoms. The molecule has 0 aliphatic carbocycles. The van der Waals surface area contributed by atoms with Gasteiger partial charge in [-0.25, -0.2) is 0 Å². The smallest absolute Gasteiger partial charge is 0.0447 e. The van der Waals surface area contributed by atoms with E-state index in [1.807, 2.05) is 6.07 Å². The van der Waals surface area contributed by atoms with Gasteiger partial charge in [-0.2, -0.15) is 0 Å². The molecular formula is C17H20N2. The van der Waals surface area contributed by atoms with Crippen LogP contribution in [0.15, 0.2) is 48.5 Å². The van der Waals surface area contributed by atoms with E-state index in [-0.39, 0.29) is 0 Å². The minimum absolute atomic E-state index is 0.833. The second kappa shape index (κ2) is 5.35. The number of rotatable bonds is 2. The third-order valence-electron chi connectivity index (χ3n) is 3.80. The zero-order valence-corrected chi connectivity index (χ0v) is 11.2. The van der Waals surface area contributed by atoms with Crippen LogP contribution in [-0.4, -0.2) is 13.1 Å². The van der Waals surface area contributed by atoms with E-state index in [2.05, 4.69) is 47.4 Å². The predicted octanol–water partition coefficient (Wildman–Crippen LogP) is 3.93. The molecule has 0 saturated carbocycles.